The van der Waals surface area contributed by atoms with Gasteiger partial charge >= 0.3 is 0 Å². The summed E-state index contributed by atoms with van der Waals surface area (Å²) in [5, 5.41) is 10.7. The van der Waals surface area contributed by atoms with Gasteiger partial charge < -0.3 is 10.6 Å². The summed E-state index contributed by atoms with van der Waals surface area (Å²) in [5.74, 6) is 0. The van der Waals surface area contributed by atoms with E-state index >= 15 is 0 Å². The zero-order valence-electron chi connectivity index (χ0n) is 10.4. The second-order valence-electron chi connectivity index (χ2n) is 4.80. The Morgan fingerprint density at radius 2 is 2.11 bits per heavy atom. The van der Waals surface area contributed by atoms with Crippen molar-refractivity contribution in [3.8, 4) is 0 Å². The predicted octanol–water partition coefficient (Wildman–Crippen LogP) is 2.08. The highest BCUT2D eigenvalue weighted by atomic mass is 16.6. The van der Waals surface area contributed by atoms with Crippen LogP contribution in [0.3, 0.4) is 0 Å². The first kappa shape index (κ1) is 13.0. The van der Waals surface area contributed by atoms with E-state index in [-0.39, 0.29) is 16.7 Å². The Hall–Kier alpha value is -1.46. The molecule has 0 aliphatic carbocycles. The highest BCUT2D eigenvalue weighted by Gasteiger charge is 2.15. The number of likely N-dealkylation sites (tertiary alicyclic amines) is 1. The van der Waals surface area contributed by atoms with Gasteiger partial charge in [0.15, 0.2) is 0 Å². The molecule has 0 amide bonds. The third kappa shape index (κ3) is 3.27. The van der Waals surface area contributed by atoms with Crippen LogP contribution < -0.4 is 5.73 Å². The molecule has 1 aliphatic heterocycles. The van der Waals surface area contributed by atoms with Gasteiger partial charge in [0, 0.05) is 18.2 Å². The van der Waals surface area contributed by atoms with Crippen LogP contribution >= 0.6 is 0 Å². The molecule has 2 N–H and O–H groups in total. The number of nitro benzene ring substituents is 1. The summed E-state index contributed by atoms with van der Waals surface area (Å²) in [7, 11) is 0. The van der Waals surface area contributed by atoms with Crippen molar-refractivity contribution in [2.45, 2.75) is 25.3 Å². The number of rotatable bonds is 5. The van der Waals surface area contributed by atoms with Gasteiger partial charge in [-0.05, 0) is 44.5 Å². The molecule has 0 spiro atoms. The fourth-order valence-corrected chi connectivity index (χ4v) is 2.36. The normalized spacial score (nSPS) is 17.8. The maximum absolute atomic E-state index is 10.7. The van der Waals surface area contributed by atoms with Gasteiger partial charge in [-0.15, -0.1) is 0 Å². The first-order valence-electron chi connectivity index (χ1n) is 6.39. The van der Waals surface area contributed by atoms with E-state index < -0.39 is 0 Å². The van der Waals surface area contributed by atoms with Gasteiger partial charge in [0.1, 0.15) is 0 Å². The average Bonchev–Trinajstić information content (AvgIpc) is 2.89. The van der Waals surface area contributed by atoms with Crippen molar-refractivity contribution in [2.24, 2.45) is 5.73 Å². The van der Waals surface area contributed by atoms with Crippen molar-refractivity contribution in [3.63, 3.8) is 0 Å². The van der Waals surface area contributed by atoms with E-state index in [2.05, 4.69) is 4.90 Å². The van der Waals surface area contributed by atoms with E-state index in [0.717, 1.165) is 31.6 Å². The topological polar surface area (TPSA) is 72.4 Å². The monoisotopic (exact) mass is 249 g/mol. The highest BCUT2D eigenvalue weighted by molar-refractivity contribution is 5.35. The molecule has 5 heteroatoms. The van der Waals surface area contributed by atoms with Crippen LogP contribution in [-0.2, 0) is 0 Å². The lowest BCUT2D eigenvalue weighted by Gasteiger charge is -2.18. The van der Waals surface area contributed by atoms with Crippen LogP contribution in [0.15, 0.2) is 24.3 Å². The summed E-state index contributed by atoms with van der Waals surface area (Å²) in [6, 6.07) is 6.52. The van der Waals surface area contributed by atoms with E-state index in [9.17, 15) is 10.1 Å². The van der Waals surface area contributed by atoms with E-state index in [1.54, 1.807) is 12.1 Å². The molecule has 5 nitrogen and oxygen atoms in total. The van der Waals surface area contributed by atoms with Crippen LogP contribution in [0.5, 0.6) is 0 Å². The number of benzene rings is 1. The van der Waals surface area contributed by atoms with Gasteiger partial charge in [0.2, 0.25) is 0 Å². The first-order valence-corrected chi connectivity index (χ1v) is 6.39. The SMILES string of the molecule is NC(CCN1CCCC1)c1cccc([N+](=O)[O-])c1. The molecular weight excluding hydrogens is 230 g/mol. The number of hydrogen-bond donors (Lipinski definition) is 1. The molecule has 1 unspecified atom stereocenters. The molecule has 0 saturated carbocycles. The summed E-state index contributed by atoms with van der Waals surface area (Å²) >= 11 is 0. The van der Waals surface area contributed by atoms with Crippen LogP contribution in [0, 0.1) is 10.1 Å². The molecule has 1 heterocycles. The zero-order chi connectivity index (χ0) is 13.0. The fourth-order valence-electron chi connectivity index (χ4n) is 2.36. The van der Waals surface area contributed by atoms with Gasteiger partial charge in [-0.1, -0.05) is 12.1 Å². The molecule has 1 fully saturated rings. The third-order valence-corrected chi connectivity index (χ3v) is 3.46. The summed E-state index contributed by atoms with van der Waals surface area (Å²) in [4.78, 5) is 12.7. The maximum atomic E-state index is 10.7. The molecule has 0 aromatic heterocycles. The van der Waals surface area contributed by atoms with Crippen LogP contribution in [0.1, 0.15) is 30.9 Å². The lowest BCUT2D eigenvalue weighted by Crippen LogP contribution is -2.24. The van der Waals surface area contributed by atoms with E-state index in [4.69, 9.17) is 5.73 Å². The van der Waals surface area contributed by atoms with E-state index in [1.165, 1.54) is 18.9 Å². The Labute approximate surface area is 107 Å². The number of nitrogens with two attached hydrogens (primary N) is 1. The molecule has 18 heavy (non-hydrogen) atoms. The minimum absolute atomic E-state index is 0.115. The number of non-ortho nitro benzene ring substituents is 1. The van der Waals surface area contributed by atoms with Crippen LogP contribution in [-0.4, -0.2) is 29.5 Å². The molecular formula is C13H19N3O2. The molecule has 1 aromatic rings. The number of nitro groups is 1. The fraction of sp³-hybridized carbons (Fsp3) is 0.538. The Balaban J connectivity index is 1.93. The maximum Gasteiger partial charge on any atom is 0.269 e. The van der Waals surface area contributed by atoms with Crippen molar-refractivity contribution in [1.29, 1.82) is 0 Å². The van der Waals surface area contributed by atoms with Crippen molar-refractivity contribution in [2.75, 3.05) is 19.6 Å². The Morgan fingerprint density at radius 3 is 2.78 bits per heavy atom. The lowest BCUT2D eigenvalue weighted by molar-refractivity contribution is -0.384. The molecule has 0 radical (unpaired) electrons. The van der Waals surface area contributed by atoms with Crippen LogP contribution in [0.25, 0.3) is 0 Å². The lowest BCUT2D eigenvalue weighted by atomic mass is 10.0. The van der Waals surface area contributed by atoms with Gasteiger partial charge in [-0.2, -0.15) is 0 Å². The largest absolute Gasteiger partial charge is 0.324 e. The van der Waals surface area contributed by atoms with E-state index in [1.807, 2.05) is 6.07 Å². The minimum Gasteiger partial charge on any atom is -0.324 e. The van der Waals surface area contributed by atoms with Crippen LogP contribution in [0.2, 0.25) is 0 Å². The minimum atomic E-state index is -0.378. The standard InChI is InChI=1S/C13H19N3O2/c14-13(6-9-15-7-1-2-8-15)11-4-3-5-12(10-11)16(17)18/h3-5,10,13H,1-2,6-9,14H2. The van der Waals surface area contributed by atoms with Crippen molar-refractivity contribution in [3.05, 3.63) is 39.9 Å². The molecule has 98 valence electrons. The molecule has 1 saturated heterocycles. The smallest absolute Gasteiger partial charge is 0.269 e. The summed E-state index contributed by atoms with van der Waals surface area (Å²) in [5.41, 5.74) is 7.06. The Morgan fingerprint density at radius 1 is 1.39 bits per heavy atom. The average molecular weight is 249 g/mol. The quantitative estimate of drug-likeness (QED) is 0.640. The molecule has 1 atom stereocenters. The predicted molar refractivity (Wildman–Crippen MR) is 70.3 cm³/mol. The Bertz CT molecular complexity index is 416. The summed E-state index contributed by atoms with van der Waals surface area (Å²) < 4.78 is 0. The molecule has 1 aliphatic rings. The molecule has 2 rings (SSSR count). The second-order valence-corrected chi connectivity index (χ2v) is 4.80. The van der Waals surface area contributed by atoms with Gasteiger partial charge in [0.05, 0.1) is 4.92 Å². The van der Waals surface area contributed by atoms with E-state index in [0.29, 0.717) is 0 Å². The second kappa shape index (κ2) is 5.93. The van der Waals surface area contributed by atoms with Gasteiger partial charge in [-0.3, -0.25) is 10.1 Å². The van der Waals surface area contributed by atoms with Crippen molar-refractivity contribution in [1.82, 2.24) is 4.90 Å². The van der Waals surface area contributed by atoms with Gasteiger partial charge in [-0.25, -0.2) is 0 Å². The first-order chi connectivity index (χ1) is 8.66. The van der Waals surface area contributed by atoms with Crippen molar-refractivity contribution < 1.29 is 4.92 Å². The Kier molecular flexibility index (Phi) is 4.28. The summed E-state index contributed by atoms with van der Waals surface area (Å²) in [6.45, 7) is 3.28. The molecule has 1 aromatic carbocycles. The number of hydrogen-bond acceptors (Lipinski definition) is 4. The van der Waals surface area contributed by atoms with Crippen molar-refractivity contribution >= 4 is 5.69 Å². The zero-order valence-corrected chi connectivity index (χ0v) is 10.4. The summed E-state index contributed by atoms with van der Waals surface area (Å²) in [6.07, 6.45) is 3.39. The molecule has 0 bridgehead atoms. The van der Waals surface area contributed by atoms with Crippen LogP contribution in [0.4, 0.5) is 5.69 Å². The number of nitrogens with zero attached hydrogens (tertiary/aromatic N) is 2. The third-order valence-electron chi connectivity index (χ3n) is 3.46. The highest BCUT2D eigenvalue weighted by Crippen LogP contribution is 2.20. The van der Waals surface area contributed by atoms with Gasteiger partial charge in [0.25, 0.3) is 5.69 Å².